The van der Waals surface area contributed by atoms with Crippen molar-refractivity contribution in [2.75, 3.05) is 19.6 Å². The van der Waals surface area contributed by atoms with E-state index in [-0.39, 0.29) is 17.9 Å². The van der Waals surface area contributed by atoms with E-state index in [1.54, 1.807) is 0 Å². The van der Waals surface area contributed by atoms with E-state index in [4.69, 9.17) is 0 Å². The third-order valence-electron chi connectivity index (χ3n) is 2.40. The summed E-state index contributed by atoms with van der Waals surface area (Å²) in [4.78, 5) is 22.5. The first-order valence-electron chi connectivity index (χ1n) is 5.52. The van der Waals surface area contributed by atoms with Crippen molar-refractivity contribution in [3.8, 4) is 0 Å². The molecule has 86 valence electrons. The Balaban J connectivity index is 2.08. The maximum absolute atomic E-state index is 11.5. The van der Waals surface area contributed by atoms with Crippen LogP contribution in [0.15, 0.2) is 0 Å². The van der Waals surface area contributed by atoms with E-state index in [0.29, 0.717) is 19.5 Å². The van der Waals surface area contributed by atoms with Crippen molar-refractivity contribution in [1.82, 2.24) is 16.0 Å². The van der Waals surface area contributed by atoms with Crippen LogP contribution in [0.3, 0.4) is 0 Å². The maximum atomic E-state index is 11.5. The van der Waals surface area contributed by atoms with Gasteiger partial charge in [-0.05, 0) is 26.3 Å². The highest BCUT2D eigenvalue weighted by atomic mass is 16.2. The van der Waals surface area contributed by atoms with E-state index >= 15 is 0 Å². The number of carbonyl (C=O) groups is 2. The van der Waals surface area contributed by atoms with Gasteiger partial charge in [0.05, 0.1) is 6.04 Å². The predicted octanol–water partition coefficient (Wildman–Crippen LogP) is -0.619. The molecule has 0 aliphatic carbocycles. The van der Waals surface area contributed by atoms with Crippen molar-refractivity contribution in [2.24, 2.45) is 0 Å². The summed E-state index contributed by atoms with van der Waals surface area (Å²) in [7, 11) is 0. The molecule has 15 heavy (non-hydrogen) atoms. The van der Waals surface area contributed by atoms with E-state index in [1.165, 1.54) is 0 Å². The van der Waals surface area contributed by atoms with Crippen LogP contribution in [0.25, 0.3) is 0 Å². The van der Waals surface area contributed by atoms with Crippen LogP contribution in [0, 0.1) is 0 Å². The Morgan fingerprint density at radius 2 is 2.20 bits per heavy atom. The molecule has 0 spiro atoms. The molecule has 1 saturated heterocycles. The smallest absolute Gasteiger partial charge is 0.237 e. The Kier molecular flexibility index (Phi) is 5.10. The van der Waals surface area contributed by atoms with Crippen molar-refractivity contribution in [1.29, 1.82) is 0 Å². The zero-order valence-corrected chi connectivity index (χ0v) is 9.14. The first-order valence-corrected chi connectivity index (χ1v) is 5.52. The number of hydrogen-bond donors (Lipinski definition) is 3. The highest BCUT2D eigenvalue weighted by Gasteiger charge is 2.21. The standard InChI is InChI=1S/C10H19N3O2/c1-2-11-9(14)5-7-13-10(15)8-4-3-6-12-8/h8,12H,2-7H2,1H3,(H,11,14)(H,13,15). The summed E-state index contributed by atoms with van der Waals surface area (Å²) in [6, 6.07) is -0.0563. The quantitative estimate of drug-likeness (QED) is 0.570. The van der Waals surface area contributed by atoms with Gasteiger partial charge < -0.3 is 16.0 Å². The molecule has 5 nitrogen and oxygen atoms in total. The lowest BCUT2D eigenvalue weighted by molar-refractivity contribution is -0.123. The van der Waals surface area contributed by atoms with Gasteiger partial charge in [0, 0.05) is 19.5 Å². The normalized spacial score (nSPS) is 19.9. The van der Waals surface area contributed by atoms with Crippen LogP contribution >= 0.6 is 0 Å². The number of hydrogen-bond acceptors (Lipinski definition) is 3. The van der Waals surface area contributed by atoms with Crippen LogP contribution in [0.4, 0.5) is 0 Å². The van der Waals surface area contributed by atoms with Crippen molar-refractivity contribution < 1.29 is 9.59 Å². The summed E-state index contributed by atoms with van der Waals surface area (Å²) in [5.41, 5.74) is 0. The van der Waals surface area contributed by atoms with Crippen molar-refractivity contribution in [3.63, 3.8) is 0 Å². The van der Waals surface area contributed by atoms with Gasteiger partial charge in [0.2, 0.25) is 11.8 Å². The Bertz CT molecular complexity index is 225. The second kappa shape index (κ2) is 6.40. The molecule has 5 heteroatoms. The molecular weight excluding hydrogens is 194 g/mol. The van der Waals surface area contributed by atoms with Crippen LogP contribution < -0.4 is 16.0 Å². The topological polar surface area (TPSA) is 70.2 Å². The van der Waals surface area contributed by atoms with Crippen LogP contribution in [0.2, 0.25) is 0 Å². The second-order valence-electron chi connectivity index (χ2n) is 3.64. The van der Waals surface area contributed by atoms with Crippen LogP contribution in [-0.4, -0.2) is 37.5 Å². The van der Waals surface area contributed by atoms with Gasteiger partial charge in [-0.3, -0.25) is 9.59 Å². The van der Waals surface area contributed by atoms with E-state index in [0.717, 1.165) is 19.4 Å². The molecule has 0 aromatic carbocycles. The minimum absolute atomic E-state index is 0.0109. The van der Waals surface area contributed by atoms with Crippen molar-refractivity contribution in [2.45, 2.75) is 32.2 Å². The van der Waals surface area contributed by atoms with Gasteiger partial charge in [-0.15, -0.1) is 0 Å². The molecule has 0 radical (unpaired) electrons. The lowest BCUT2D eigenvalue weighted by atomic mass is 10.2. The van der Waals surface area contributed by atoms with Crippen LogP contribution in [-0.2, 0) is 9.59 Å². The summed E-state index contributed by atoms with van der Waals surface area (Å²) in [6.45, 7) is 3.84. The molecule has 0 aromatic heterocycles. The van der Waals surface area contributed by atoms with Gasteiger partial charge >= 0.3 is 0 Å². The Labute approximate surface area is 90.0 Å². The molecule has 1 atom stereocenters. The van der Waals surface area contributed by atoms with Crippen molar-refractivity contribution >= 4 is 11.8 Å². The molecule has 0 saturated carbocycles. The molecule has 1 aliphatic heterocycles. The average Bonchev–Trinajstić information content (AvgIpc) is 2.70. The van der Waals surface area contributed by atoms with Crippen LogP contribution in [0.5, 0.6) is 0 Å². The van der Waals surface area contributed by atoms with E-state index in [9.17, 15) is 9.59 Å². The number of nitrogens with one attached hydrogen (secondary N) is 3. The first-order chi connectivity index (χ1) is 7.24. The fraction of sp³-hybridized carbons (Fsp3) is 0.800. The van der Waals surface area contributed by atoms with E-state index < -0.39 is 0 Å². The van der Waals surface area contributed by atoms with Gasteiger partial charge in [-0.25, -0.2) is 0 Å². The van der Waals surface area contributed by atoms with Gasteiger partial charge in [0.25, 0.3) is 0 Å². The van der Waals surface area contributed by atoms with Gasteiger partial charge in [-0.2, -0.15) is 0 Å². The molecule has 1 heterocycles. The highest BCUT2D eigenvalue weighted by molar-refractivity contribution is 5.83. The summed E-state index contributed by atoms with van der Waals surface area (Å²) in [6.07, 6.45) is 2.30. The number of amides is 2. The summed E-state index contributed by atoms with van der Waals surface area (Å²) < 4.78 is 0. The second-order valence-corrected chi connectivity index (χ2v) is 3.64. The Morgan fingerprint density at radius 1 is 1.40 bits per heavy atom. The van der Waals surface area contributed by atoms with E-state index in [2.05, 4.69) is 16.0 Å². The first kappa shape index (κ1) is 12.0. The molecule has 3 N–H and O–H groups in total. The average molecular weight is 213 g/mol. The Hall–Kier alpha value is -1.10. The third-order valence-corrected chi connectivity index (χ3v) is 2.40. The zero-order chi connectivity index (χ0) is 11.1. The lowest BCUT2D eigenvalue weighted by Gasteiger charge is -2.10. The van der Waals surface area contributed by atoms with Crippen molar-refractivity contribution in [3.05, 3.63) is 0 Å². The fourth-order valence-electron chi connectivity index (χ4n) is 1.62. The lowest BCUT2D eigenvalue weighted by Crippen LogP contribution is -2.41. The highest BCUT2D eigenvalue weighted by Crippen LogP contribution is 2.04. The summed E-state index contributed by atoms with van der Waals surface area (Å²) >= 11 is 0. The molecule has 2 amide bonds. The minimum atomic E-state index is -0.0563. The molecule has 0 bridgehead atoms. The number of rotatable bonds is 5. The summed E-state index contributed by atoms with van der Waals surface area (Å²) in [5.74, 6) is -0.00557. The predicted molar refractivity (Wildman–Crippen MR) is 57.3 cm³/mol. The maximum Gasteiger partial charge on any atom is 0.237 e. The molecular formula is C10H19N3O2. The minimum Gasteiger partial charge on any atom is -0.356 e. The number of carbonyl (C=O) groups excluding carboxylic acids is 2. The molecule has 1 aliphatic rings. The molecule has 1 rings (SSSR count). The van der Waals surface area contributed by atoms with Gasteiger partial charge in [0.15, 0.2) is 0 Å². The molecule has 1 fully saturated rings. The SMILES string of the molecule is CCNC(=O)CCNC(=O)C1CCCN1. The summed E-state index contributed by atoms with van der Waals surface area (Å²) in [5, 5.41) is 8.54. The van der Waals surface area contributed by atoms with Gasteiger partial charge in [0.1, 0.15) is 0 Å². The molecule has 1 unspecified atom stereocenters. The zero-order valence-electron chi connectivity index (χ0n) is 9.14. The molecule has 0 aromatic rings. The Morgan fingerprint density at radius 3 is 2.80 bits per heavy atom. The monoisotopic (exact) mass is 213 g/mol. The fourth-order valence-corrected chi connectivity index (χ4v) is 1.62. The van der Waals surface area contributed by atoms with E-state index in [1.807, 2.05) is 6.92 Å². The van der Waals surface area contributed by atoms with Gasteiger partial charge in [-0.1, -0.05) is 0 Å². The largest absolute Gasteiger partial charge is 0.356 e. The third kappa shape index (κ3) is 4.29. The van der Waals surface area contributed by atoms with Crippen LogP contribution in [0.1, 0.15) is 26.2 Å².